The van der Waals surface area contributed by atoms with Crippen LogP contribution in [0.1, 0.15) is 123 Å². The molecule has 0 bridgehead atoms. The largest absolute Gasteiger partial charge is 0.444 e. The molecule has 0 fully saturated rings. The SMILES string of the molecule is CC(C)CC(NC(=O)OC(C)(C)C)C(C)(C)CCC(C)C[C@H](NC(=O)OC(C)(C)C)C(C)(C)C. The lowest BCUT2D eigenvalue weighted by Crippen LogP contribution is -2.48. The molecule has 0 aromatic carbocycles. The zero-order valence-corrected chi connectivity index (χ0v) is 24.8. The minimum Gasteiger partial charge on any atom is -0.444 e. The second-order valence-corrected chi connectivity index (χ2v) is 14.3. The summed E-state index contributed by atoms with van der Waals surface area (Å²) >= 11 is 0. The van der Waals surface area contributed by atoms with Gasteiger partial charge in [0.2, 0.25) is 0 Å². The number of carbonyl (C=O) groups is 2. The summed E-state index contributed by atoms with van der Waals surface area (Å²) in [4.78, 5) is 24.9. The molecule has 3 atom stereocenters. The molecule has 0 heterocycles. The monoisotopic (exact) mass is 484 g/mol. The molecule has 2 unspecified atom stereocenters. The molecule has 0 rings (SSSR count). The summed E-state index contributed by atoms with van der Waals surface area (Å²) < 4.78 is 11.0. The maximum absolute atomic E-state index is 12.5. The zero-order valence-electron chi connectivity index (χ0n) is 24.8. The Morgan fingerprint density at radius 3 is 1.44 bits per heavy atom. The van der Waals surface area contributed by atoms with E-state index in [9.17, 15) is 9.59 Å². The number of alkyl carbamates (subject to hydrolysis) is 2. The van der Waals surface area contributed by atoms with Gasteiger partial charge in [-0.2, -0.15) is 0 Å². The highest BCUT2D eigenvalue weighted by Crippen LogP contribution is 2.34. The van der Waals surface area contributed by atoms with Crippen molar-refractivity contribution in [3.05, 3.63) is 0 Å². The molecule has 6 nitrogen and oxygen atoms in total. The van der Waals surface area contributed by atoms with Crippen LogP contribution in [0.15, 0.2) is 0 Å². The summed E-state index contributed by atoms with van der Waals surface area (Å²) in [6.45, 7) is 28.8. The zero-order chi connectivity index (χ0) is 27.1. The molecule has 0 spiro atoms. The summed E-state index contributed by atoms with van der Waals surface area (Å²) in [6.07, 6.45) is 3.01. The van der Waals surface area contributed by atoms with E-state index in [0.717, 1.165) is 25.7 Å². The van der Waals surface area contributed by atoms with Crippen LogP contribution in [0.5, 0.6) is 0 Å². The quantitative estimate of drug-likeness (QED) is 0.333. The Kier molecular flexibility index (Phi) is 11.9. The van der Waals surface area contributed by atoms with Crippen molar-refractivity contribution in [3.8, 4) is 0 Å². The predicted molar refractivity (Wildman–Crippen MR) is 142 cm³/mol. The van der Waals surface area contributed by atoms with E-state index in [1.54, 1.807) is 0 Å². The van der Waals surface area contributed by atoms with Gasteiger partial charge in [0.25, 0.3) is 0 Å². The van der Waals surface area contributed by atoms with Gasteiger partial charge in [0.05, 0.1) is 0 Å². The molecule has 2 amide bonds. The van der Waals surface area contributed by atoms with Crippen LogP contribution in [-0.2, 0) is 9.47 Å². The van der Waals surface area contributed by atoms with E-state index in [-0.39, 0.29) is 35.1 Å². The van der Waals surface area contributed by atoms with E-state index >= 15 is 0 Å². The molecule has 0 aromatic heterocycles. The van der Waals surface area contributed by atoms with E-state index < -0.39 is 11.2 Å². The van der Waals surface area contributed by atoms with Crippen molar-refractivity contribution in [1.82, 2.24) is 10.6 Å². The topological polar surface area (TPSA) is 76.7 Å². The van der Waals surface area contributed by atoms with E-state index in [4.69, 9.17) is 9.47 Å². The fourth-order valence-corrected chi connectivity index (χ4v) is 3.89. The summed E-state index contributed by atoms with van der Waals surface area (Å²) in [5.41, 5.74) is -1.21. The van der Waals surface area contributed by atoms with Crippen molar-refractivity contribution < 1.29 is 19.1 Å². The van der Waals surface area contributed by atoms with Crippen molar-refractivity contribution >= 4 is 12.2 Å². The minimum atomic E-state index is -0.520. The van der Waals surface area contributed by atoms with Gasteiger partial charge in [0, 0.05) is 12.1 Å². The summed E-state index contributed by atoms with van der Waals surface area (Å²) in [6, 6.07) is 0.0275. The van der Waals surface area contributed by atoms with Gasteiger partial charge in [0.15, 0.2) is 0 Å². The first-order valence-corrected chi connectivity index (χ1v) is 13.0. The Hall–Kier alpha value is -1.46. The van der Waals surface area contributed by atoms with Gasteiger partial charge >= 0.3 is 12.2 Å². The van der Waals surface area contributed by atoms with Gasteiger partial charge in [-0.3, -0.25) is 0 Å². The number of ether oxygens (including phenoxy) is 2. The summed E-state index contributed by atoms with van der Waals surface area (Å²) in [5, 5.41) is 6.25. The van der Waals surface area contributed by atoms with Crippen LogP contribution >= 0.6 is 0 Å². The standard InChI is InChI=1S/C28H56N2O4/c1-19(2)17-22(30-24(32)34-27(10,11)12)28(13,14)16-15-20(3)18-21(25(4,5)6)29-23(31)33-26(7,8)9/h19-22H,15-18H2,1-14H3,(H,29,31)(H,30,32)/t20?,21-,22?/m0/s1. The number of hydrogen-bond acceptors (Lipinski definition) is 4. The fourth-order valence-electron chi connectivity index (χ4n) is 3.89. The molecule has 6 heteroatoms. The molecule has 2 N–H and O–H groups in total. The van der Waals surface area contributed by atoms with Crippen LogP contribution in [0, 0.1) is 22.7 Å². The van der Waals surface area contributed by atoms with Gasteiger partial charge in [0.1, 0.15) is 11.2 Å². The van der Waals surface area contributed by atoms with E-state index in [2.05, 4.69) is 66.0 Å². The first-order valence-electron chi connectivity index (χ1n) is 13.0. The molecule has 0 aromatic rings. The lowest BCUT2D eigenvalue weighted by Gasteiger charge is -2.38. The predicted octanol–water partition coefficient (Wildman–Crippen LogP) is 7.70. The van der Waals surface area contributed by atoms with Crippen LogP contribution in [0.25, 0.3) is 0 Å². The van der Waals surface area contributed by atoms with E-state index in [1.165, 1.54) is 0 Å². The van der Waals surface area contributed by atoms with Gasteiger partial charge in [-0.05, 0) is 83.5 Å². The maximum atomic E-state index is 12.5. The van der Waals surface area contributed by atoms with Crippen LogP contribution in [0.2, 0.25) is 0 Å². The van der Waals surface area contributed by atoms with Gasteiger partial charge in [-0.25, -0.2) is 9.59 Å². The molecule has 0 saturated heterocycles. The lowest BCUT2D eigenvalue weighted by atomic mass is 9.74. The van der Waals surface area contributed by atoms with Crippen molar-refractivity contribution in [2.75, 3.05) is 0 Å². The van der Waals surface area contributed by atoms with Crippen molar-refractivity contribution in [2.24, 2.45) is 22.7 Å². The number of rotatable bonds is 10. The van der Waals surface area contributed by atoms with Gasteiger partial charge < -0.3 is 20.1 Å². The van der Waals surface area contributed by atoms with Crippen LogP contribution in [-0.4, -0.2) is 35.5 Å². The molecule has 202 valence electrons. The van der Waals surface area contributed by atoms with Gasteiger partial charge in [-0.15, -0.1) is 0 Å². The van der Waals surface area contributed by atoms with Crippen LogP contribution in [0.4, 0.5) is 9.59 Å². The Morgan fingerprint density at radius 2 is 1.09 bits per heavy atom. The Labute approximate surface area is 210 Å². The van der Waals surface area contributed by atoms with Crippen molar-refractivity contribution in [1.29, 1.82) is 0 Å². The average molecular weight is 485 g/mol. The first-order chi connectivity index (χ1) is 15.0. The molecule has 0 saturated carbocycles. The Bertz CT molecular complexity index is 636. The first kappa shape index (κ1) is 32.5. The maximum Gasteiger partial charge on any atom is 0.407 e. The van der Waals surface area contributed by atoms with Gasteiger partial charge in [-0.1, -0.05) is 61.8 Å². The van der Waals surface area contributed by atoms with Crippen LogP contribution in [0.3, 0.4) is 0 Å². The Balaban J connectivity index is 5.20. The second kappa shape index (κ2) is 12.5. The van der Waals surface area contributed by atoms with Crippen LogP contribution < -0.4 is 10.6 Å². The van der Waals surface area contributed by atoms with E-state index in [1.807, 2.05) is 41.5 Å². The number of hydrogen-bond donors (Lipinski definition) is 2. The highest BCUT2D eigenvalue weighted by molar-refractivity contribution is 5.68. The molecule has 0 aliphatic heterocycles. The Morgan fingerprint density at radius 1 is 0.676 bits per heavy atom. The number of nitrogens with one attached hydrogen (secondary N) is 2. The average Bonchev–Trinajstić information content (AvgIpc) is 2.54. The molecule has 0 aliphatic rings. The summed E-state index contributed by atoms with van der Waals surface area (Å²) in [5.74, 6) is 0.861. The molecule has 0 radical (unpaired) electrons. The number of carbonyl (C=O) groups excluding carboxylic acids is 2. The minimum absolute atomic E-state index is 0.00631. The van der Waals surface area contributed by atoms with E-state index in [0.29, 0.717) is 11.8 Å². The highest BCUT2D eigenvalue weighted by atomic mass is 16.6. The lowest BCUT2D eigenvalue weighted by molar-refractivity contribution is 0.0433. The second-order valence-electron chi connectivity index (χ2n) is 14.3. The highest BCUT2D eigenvalue weighted by Gasteiger charge is 2.34. The third-order valence-electron chi connectivity index (χ3n) is 6.00. The van der Waals surface area contributed by atoms with Crippen molar-refractivity contribution in [3.63, 3.8) is 0 Å². The van der Waals surface area contributed by atoms with Crippen molar-refractivity contribution in [2.45, 2.75) is 146 Å². The smallest absolute Gasteiger partial charge is 0.407 e. The third-order valence-corrected chi connectivity index (χ3v) is 6.00. The molecular weight excluding hydrogens is 428 g/mol. The number of amides is 2. The third kappa shape index (κ3) is 14.7. The molecule has 0 aliphatic carbocycles. The summed E-state index contributed by atoms with van der Waals surface area (Å²) in [7, 11) is 0. The molecule has 34 heavy (non-hydrogen) atoms. The molecular formula is C28H56N2O4. The normalized spacial score (nSPS) is 16.0. The fraction of sp³-hybridized carbons (Fsp3) is 0.929.